The van der Waals surface area contributed by atoms with Gasteiger partial charge in [0, 0.05) is 38.9 Å². The maximum absolute atomic E-state index is 12.7. The smallest absolute Gasteiger partial charge is 0.244 e. The summed E-state index contributed by atoms with van der Waals surface area (Å²) < 4.78 is 35.1. The SMILES string of the molecule is Cn1cc(S(=O)(=O)N[C@H](CCN2CCOCC2)c2ccccc2)cn1. The molecule has 1 atom stereocenters. The van der Waals surface area contributed by atoms with E-state index in [1.165, 1.54) is 17.1 Å². The van der Waals surface area contributed by atoms with Gasteiger partial charge in [-0.25, -0.2) is 13.1 Å². The number of nitrogens with zero attached hydrogens (tertiary/aromatic N) is 3. The van der Waals surface area contributed by atoms with Crippen LogP contribution in [0.15, 0.2) is 47.6 Å². The number of aryl methyl sites for hydroxylation is 1. The fraction of sp³-hybridized carbons (Fsp3) is 0.471. The van der Waals surface area contributed by atoms with Crippen molar-refractivity contribution in [2.24, 2.45) is 7.05 Å². The van der Waals surface area contributed by atoms with Crippen molar-refractivity contribution in [3.8, 4) is 0 Å². The fourth-order valence-electron chi connectivity index (χ4n) is 2.91. The minimum Gasteiger partial charge on any atom is -0.379 e. The maximum atomic E-state index is 12.7. The third-order valence-corrected chi connectivity index (χ3v) is 5.75. The van der Waals surface area contributed by atoms with Gasteiger partial charge >= 0.3 is 0 Å². The summed E-state index contributed by atoms with van der Waals surface area (Å²) >= 11 is 0. The van der Waals surface area contributed by atoms with E-state index < -0.39 is 10.0 Å². The average Bonchev–Trinajstić information content (AvgIpc) is 3.08. The molecule has 1 saturated heterocycles. The molecule has 0 aliphatic carbocycles. The van der Waals surface area contributed by atoms with E-state index in [0.29, 0.717) is 6.42 Å². The van der Waals surface area contributed by atoms with Gasteiger partial charge in [-0.05, 0) is 12.0 Å². The van der Waals surface area contributed by atoms with Crippen LogP contribution in [0, 0.1) is 0 Å². The Morgan fingerprint density at radius 1 is 1.24 bits per heavy atom. The molecule has 0 unspecified atom stereocenters. The van der Waals surface area contributed by atoms with E-state index in [1.807, 2.05) is 30.3 Å². The lowest BCUT2D eigenvalue weighted by Crippen LogP contribution is -2.39. The molecule has 0 radical (unpaired) electrons. The zero-order valence-corrected chi connectivity index (χ0v) is 15.2. The molecule has 1 aliphatic rings. The van der Waals surface area contributed by atoms with Crippen molar-refractivity contribution in [2.45, 2.75) is 17.4 Å². The van der Waals surface area contributed by atoms with Crippen molar-refractivity contribution >= 4 is 10.0 Å². The highest BCUT2D eigenvalue weighted by Crippen LogP contribution is 2.21. The van der Waals surface area contributed by atoms with Crippen LogP contribution < -0.4 is 4.72 Å². The van der Waals surface area contributed by atoms with Gasteiger partial charge in [-0.2, -0.15) is 5.10 Å². The Balaban J connectivity index is 1.74. The Morgan fingerprint density at radius 3 is 2.60 bits per heavy atom. The molecular weight excluding hydrogens is 340 g/mol. The van der Waals surface area contributed by atoms with Crippen LogP contribution in [0.3, 0.4) is 0 Å². The summed E-state index contributed by atoms with van der Waals surface area (Å²) in [5.41, 5.74) is 0.961. The van der Waals surface area contributed by atoms with Crippen LogP contribution in [0.2, 0.25) is 0 Å². The third-order valence-electron chi connectivity index (χ3n) is 4.33. The molecule has 136 valence electrons. The number of sulfonamides is 1. The molecule has 1 N–H and O–H groups in total. The van der Waals surface area contributed by atoms with E-state index >= 15 is 0 Å². The molecule has 7 nitrogen and oxygen atoms in total. The Labute approximate surface area is 148 Å². The molecule has 8 heteroatoms. The van der Waals surface area contributed by atoms with Gasteiger partial charge in [0.05, 0.1) is 19.4 Å². The van der Waals surface area contributed by atoms with Crippen molar-refractivity contribution in [2.75, 3.05) is 32.8 Å². The molecule has 0 bridgehead atoms. The van der Waals surface area contributed by atoms with E-state index in [2.05, 4.69) is 14.7 Å². The topological polar surface area (TPSA) is 76.5 Å². The number of hydrogen-bond acceptors (Lipinski definition) is 5. The van der Waals surface area contributed by atoms with E-state index in [-0.39, 0.29) is 10.9 Å². The molecule has 2 heterocycles. The van der Waals surface area contributed by atoms with Crippen LogP contribution in [0.5, 0.6) is 0 Å². The van der Waals surface area contributed by atoms with Crippen molar-refractivity contribution in [1.29, 1.82) is 0 Å². The second-order valence-electron chi connectivity index (χ2n) is 6.18. The predicted molar refractivity (Wildman–Crippen MR) is 94.6 cm³/mol. The minimum atomic E-state index is -3.62. The second-order valence-corrected chi connectivity index (χ2v) is 7.89. The molecule has 0 amide bonds. The maximum Gasteiger partial charge on any atom is 0.244 e. The summed E-state index contributed by atoms with van der Waals surface area (Å²) in [5.74, 6) is 0. The van der Waals surface area contributed by atoms with Gasteiger partial charge in [0.1, 0.15) is 4.90 Å². The van der Waals surface area contributed by atoms with Crippen LogP contribution in [-0.2, 0) is 21.8 Å². The van der Waals surface area contributed by atoms with E-state index in [1.54, 1.807) is 7.05 Å². The Morgan fingerprint density at radius 2 is 1.96 bits per heavy atom. The lowest BCUT2D eigenvalue weighted by molar-refractivity contribution is 0.0364. The molecule has 0 saturated carbocycles. The number of nitrogens with one attached hydrogen (secondary N) is 1. The summed E-state index contributed by atoms with van der Waals surface area (Å²) in [4.78, 5) is 2.49. The van der Waals surface area contributed by atoms with Crippen molar-refractivity contribution < 1.29 is 13.2 Å². The van der Waals surface area contributed by atoms with Crippen molar-refractivity contribution in [3.63, 3.8) is 0 Å². The highest BCUT2D eigenvalue weighted by Gasteiger charge is 2.23. The Kier molecular flexibility index (Phi) is 5.85. The number of ether oxygens (including phenoxy) is 1. The number of hydrogen-bond donors (Lipinski definition) is 1. The number of benzene rings is 1. The normalized spacial score (nSPS) is 17.5. The van der Waals surface area contributed by atoms with E-state index in [0.717, 1.165) is 38.4 Å². The standard InChI is InChI=1S/C17H24N4O3S/c1-20-14-16(13-18-20)25(22,23)19-17(15-5-3-2-4-6-15)7-8-21-9-11-24-12-10-21/h2-6,13-14,17,19H,7-12H2,1H3/t17-/m1/s1. The summed E-state index contributed by atoms with van der Waals surface area (Å²) in [7, 11) is -1.92. The molecular formula is C17H24N4O3S. The second kappa shape index (κ2) is 8.09. The van der Waals surface area contributed by atoms with Gasteiger partial charge in [-0.15, -0.1) is 0 Å². The highest BCUT2D eigenvalue weighted by molar-refractivity contribution is 7.89. The number of aromatic nitrogens is 2. The number of morpholine rings is 1. The first-order chi connectivity index (χ1) is 12.0. The Hall–Kier alpha value is -1.74. The van der Waals surface area contributed by atoms with E-state index in [4.69, 9.17) is 4.74 Å². The first-order valence-electron chi connectivity index (χ1n) is 8.40. The molecule has 3 rings (SSSR count). The van der Waals surface area contributed by atoms with Gasteiger partial charge in [-0.1, -0.05) is 30.3 Å². The van der Waals surface area contributed by atoms with Gasteiger partial charge in [0.25, 0.3) is 0 Å². The Bertz CT molecular complexity index is 770. The minimum absolute atomic E-state index is 0.183. The molecule has 0 spiro atoms. The fourth-order valence-corrected chi connectivity index (χ4v) is 4.15. The first kappa shape index (κ1) is 18.1. The van der Waals surface area contributed by atoms with Crippen molar-refractivity contribution in [3.05, 3.63) is 48.3 Å². The van der Waals surface area contributed by atoms with Gasteiger partial charge < -0.3 is 4.74 Å². The van der Waals surface area contributed by atoms with E-state index in [9.17, 15) is 8.42 Å². The summed E-state index contributed by atoms with van der Waals surface area (Å²) in [6.45, 7) is 4.06. The summed E-state index contributed by atoms with van der Waals surface area (Å²) in [5, 5.41) is 3.96. The van der Waals surface area contributed by atoms with Crippen LogP contribution in [0.1, 0.15) is 18.0 Å². The van der Waals surface area contributed by atoms with Crippen LogP contribution in [-0.4, -0.2) is 55.9 Å². The molecule has 1 fully saturated rings. The van der Waals surface area contributed by atoms with Crippen LogP contribution in [0.4, 0.5) is 0 Å². The van der Waals surface area contributed by atoms with Gasteiger partial charge in [-0.3, -0.25) is 9.58 Å². The first-order valence-corrected chi connectivity index (χ1v) is 9.89. The molecule has 25 heavy (non-hydrogen) atoms. The quantitative estimate of drug-likeness (QED) is 0.798. The zero-order valence-electron chi connectivity index (χ0n) is 14.3. The molecule has 2 aromatic rings. The van der Waals surface area contributed by atoms with Crippen molar-refractivity contribution in [1.82, 2.24) is 19.4 Å². The summed E-state index contributed by atoms with van der Waals surface area (Å²) in [6, 6.07) is 9.41. The molecule has 1 aromatic heterocycles. The lowest BCUT2D eigenvalue weighted by Gasteiger charge is -2.28. The monoisotopic (exact) mass is 364 g/mol. The van der Waals surface area contributed by atoms with Gasteiger partial charge in [0.15, 0.2) is 0 Å². The molecule has 1 aliphatic heterocycles. The summed E-state index contributed by atoms with van der Waals surface area (Å²) in [6.07, 6.45) is 3.57. The van der Waals surface area contributed by atoms with Crippen LogP contribution >= 0.6 is 0 Å². The predicted octanol–water partition coefficient (Wildman–Crippen LogP) is 1.16. The molecule has 1 aromatic carbocycles. The lowest BCUT2D eigenvalue weighted by atomic mass is 10.0. The average molecular weight is 364 g/mol. The van der Waals surface area contributed by atoms with Crippen LogP contribution in [0.25, 0.3) is 0 Å². The van der Waals surface area contributed by atoms with Gasteiger partial charge in [0.2, 0.25) is 10.0 Å². The largest absolute Gasteiger partial charge is 0.379 e. The third kappa shape index (κ3) is 4.88. The highest BCUT2D eigenvalue weighted by atomic mass is 32.2. The number of rotatable bonds is 7. The zero-order chi connectivity index (χ0) is 17.7.